The lowest BCUT2D eigenvalue weighted by Crippen LogP contribution is -2.44. The molecule has 1 aromatic rings. The number of aryl methyl sites for hydroxylation is 1. The van der Waals surface area contributed by atoms with Gasteiger partial charge in [-0.3, -0.25) is 0 Å². The van der Waals surface area contributed by atoms with Crippen molar-refractivity contribution in [1.29, 1.82) is 0 Å². The van der Waals surface area contributed by atoms with Crippen molar-refractivity contribution in [2.45, 2.75) is 66.5 Å². The zero-order valence-electron chi connectivity index (χ0n) is 13.9. The highest BCUT2D eigenvalue weighted by atomic mass is 15.1. The molecule has 2 aliphatic rings. The summed E-state index contributed by atoms with van der Waals surface area (Å²) in [6, 6.07) is 0.647. The van der Waals surface area contributed by atoms with Gasteiger partial charge < -0.3 is 9.88 Å². The molecular weight excluding hydrogens is 246 g/mol. The predicted molar refractivity (Wildman–Crippen MR) is 82.5 cm³/mol. The molecule has 2 bridgehead atoms. The molecule has 2 aliphatic carbocycles. The number of hydrogen-bond acceptors (Lipinski definition) is 2. The number of hydrogen-bond donors (Lipinski definition) is 1. The lowest BCUT2D eigenvalue weighted by molar-refractivity contribution is 0.120. The Morgan fingerprint density at radius 1 is 1.30 bits per heavy atom. The van der Waals surface area contributed by atoms with Gasteiger partial charge in [-0.2, -0.15) is 0 Å². The van der Waals surface area contributed by atoms with E-state index in [2.05, 4.69) is 51.6 Å². The van der Waals surface area contributed by atoms with Crippen molar-refractivity contribution >= 4 is 0 Å². The average molecular weight is 275 g/mol. The van der Waals surface area contributed by atoms with Gasteiger partial charge in [0.05, 0.1) is 12.2 Å². The largest absolute Gasteiger partial charge is 0.334 e. The Morgan fingerprint density at radius 2 is 2.00 bits per heavy atom. The van der Waals surface area contributed by atoms with Crippen LogP contribution in [0.25, 0.3) is 0 Å². The number of imidazole rings is 1. The monoisotopic (exact) mass is 275 g/mol. The van der Waals surface area contributed by atoms with Crippen LogP contribution in [0.15, 0.2) is 0 Å². The SMILES string of the molecule is Cc1nc(CN[C@@H]2C[C@H]3CC[C@]2(C)C3(C)C)n(C)c1C. The van der Waals surface area contributed by atoms with E-state index >= 15 is 0 Å². The van der Waals surface area contributed by atoms with Gasteiger partial charge in [0, 0.05) is 18.8 Å². The molecule has 0 amide bonds. The van der Waals surface area contributed by atoms with Crippen molar-refractivity contribution in [2.24, 2.45) is 23.8 Å². The third-order valence-electron chi connectivity index (χ3n) is 7.01. The molecule has 0 aromatic carbocycles. The first-order valence-electron chi connectivity index (χ1n) is 7.99. The molecule has 3 nitrogen and oxygen atoms in total. The summed E-state index contributed by atoms with van der Waals surface area (Å²) >= 11 is 0. The van der Waals surface area contributed by atoms with Crippen molar-refractivity contribution < 1.29 is 0 Å². The molecule has 1 N–H and O–H groups in total. The summed E-state index contributed by atoms with van der Waals surface area (Å²) in [5.74, 6) is 2.07. The zero-order chi connectivity index (χ0) is 14.7. The summed E-state index contributed by atoms with van der Waals surface area (Å²) in [5.41, 5.74) is 3.37. The van der Waals surface area contributed by atoms with Crippen molar-refractivity contribution in [3.63, 3.8) is 0 Å². The Bertz CT molecular complexity index is 529. The van der Waals surface area contributed by atoms with Crippen LogP contribution in [-0.4, -0.2) is 15.6 Å². The fourth-order valence-corrected chi connectivity index (χ4v) is 4.67. The van der Waals surface area contributed by atoms with Gasteiger partial charge >= 0.3 is 0 Å². The van der Waals surface area contributed by atoms with E-state index in [4.69, 9.17) is 4.98 Å². The lowest BCUT2D eigenvalue weighted by Gasteiger charge is -2.39. The number of nitrogens with zero attached hydrogens (tertiary/aromatic N) is 2. The zero-order valence-corrected chi connectivity index (χ0v) is 13.9. The van der Waals surface area contributed by atoms with Gasteiger partial charge in [-0.15, -0.1) is 0 Å². The van der Waals surface area contributed by atoms with Crippen molar-refractivity contribution in [3.8, 4) is 0 Å². The highest BCUT2D eigenvalue weighted by Crippen LogP contribution is 2.65. The summed E-state index contributed by atoms with van der Waals surface area (Å²) in [6.07, 6.45) is 4.13. The number of aromatic nitrogens is 2. The summed E-state index contributed by atoms with van der Waals surface area (Å²) in [6.45, 7) is 12.6. The van der Waals surface area contributed by atoms with Gasteiger partial charge in [-0.25, -0.2) is 4.98 Å². The van der Waals surface area contributed by atoms with E-state index < -0.39 is 0 Å². The molecule has 112 valence electrons. The second kappa shape index (κ2) is 4.33. The van der Waals surface area contributed by atoms with E-state index in [0.717, 1.165) is 18.2 Å². The van der Waals surface area contributed by atoms with Crippen LogP contribution in [0, 0.1) is 30.6 Å². The Hall–Kier alpha value is -0.830. The normalized spacial score (nSPS) is 34.9. The first-order valence-corrected chi connectivity index (χ1v) is 7.99. The highest BCUT2D eigenvalue weighted by Gasteiger charge is 2.60. The van der Waals surface area contributed by atoms with Crippen LogP contribution in [-0.2, 0) is 13.6 Å². The molecule has 3 atom stereocenters. The molecule has 0 aliphatic heterocycles. The second-order valence-electron chi connectivity index (χ2n) is 7.80. The van der Waals surface area contributed by atoms with Crippen molar-refractivity contribution in [1.82, 2.24) is 14.9 Å². The van der Waals surface area contributed by atoms with E-state index in [1.54, 1.807) is 0 Å². The van der Waals surface area contributed by atoms with Crippen LogP contribution >= 0.6 is 0 Å². The molecule has 0 spiro atoms. The smallest absolute Gasteiger partial charge is 0.122 e. The molecule has 1 heterocycles. The predicted octanol–water partition coefficient (Wildman–Crippen LogP) is 3.34. The Labute approximate surface area is 123 Å². The third kappa shape index (κ3) is 1.71. The second-order valence-corrected chi connectivity index (χ2v) is 7.80. The molecule has 1 aromatic heterocycles. The van der Waals surface area contributed by atoms with Crippen LogP contribution in [0.5, 0.6) is 0 Å². The molecule has 3 heteroatoms. The van der Waals surface area contributed by atoms with Crippen LogP contribution < -0.4 is 5.32 Å². The molecule has 0 radical (unpaired) electrons. The first kappa shape index (κ1) is 14.1. The lowest BCUT2D eigenvalue weighted by atomic mass is 9.69. The van der Waals surface area contributed by atoms with Gasteiger partial charge in [0.25, 0.3) is 0 Å². The van der Waals surface area contributed by atoms with Crippen molar-refractivity contribution in [2.75, 3.05) is 0 Å². The van der Waals surface area contributed by atoms with Crippen LogP contribution in [0.1, 0.15) is 57.2 Å². The Morgan fingerprint density at radius 3 is 2.45 bits per heavy atom. The minimum absolute atomic E-state index is 0.451. The van der Waals surface area contributed by atoms with E-state index in [1.807, 2.05) is 0 Å². The molecule has 2 saturated carbocycles. The molecular formula is C17H29N3. The van der Waals surface area contributed by atoms with Gasteiger partial charge in [-0.05, 0) is 49.9 Å². The average Bonchev–Trinajstić information content (AvgIpc) is 2.84. The van der Waals surface area contributed by atoms with E-state index in [1.165, 1.54) is 30.8 Å². The van der Waals surface area contributed by atoms with E-state index in [-0.39, 0.29) is 0 Å². The van der Waals surface area contributed by atoms with E-state index in [0.29, 0.717) is 16.9 Å². The van der Waals surface area contributed by atoms with Crippen LogP contribution in [0.2, 0.25) is 0 Å². The van der Waals surface area contributed by atoms with Crippen LogP contribution in [0.4, 0.5) is 0 Å². The minimum Gasteiger partial charge on any atom is -0.334 e. The number of nitrogens with one attached hydrogen (secondary N) is 1. The maximum absolute atomic E-state index is 4.69. The van der Waals surface area contributed by atoms with Gasteiger partial charge in [0.1, 0.15) is 5.82 Å². The highest BCUT2D eigenvalue weighted by molar-refractivity contribution is 5.15. The number of rotatable bonds is 3. The molecule has 3 rings (SSSR count). The summed E-state index contributed by atoms with van der Waals surface area (Å²) < 4.78 is 2.23. The molecule has 0 unspecified atom stereocenters. The molecule has 0 saturated heterocycles. The summed E-state index contributed by atoms with van der Waals surface area (Å²) in [5, 5.41) is 3.82. The topological polar surface area (TPSA) is 29.9 Å². The third-order valence-corrected chi connectivity index (χ3v) is 7.01. The maximum Gasteiger partial charge on any atom is 0.122 e. The van der Waals surface area contributed by atoms with Crippen LogP contribution in [0.3, 0.4) is 0 Å². The Kier molecular flexibility index (Phi) is 3.06. The van der Waals surface area contributed by atoms with Gasteiger partial charge in [0.15, 0.2) is 0 Å². The standard InChI is InChI=1S/C17H29N3/c1-11-12(2)20(6)15(19-11)10-18-14-9-13-7-8-17(14,5)16(13,3)4/h13-14,18H,7-10H2,1-6H3/t13-,14-,17+/m1/s1. The van der Waals surface area contributed by atoms with E-state index in [9.17, 15) is 0 Å². The number of fused-ring (bicyclic) bond motifs is 2. The summed E-state index contributed by atoms with van der Waals surface area (Å²) in [7, 11) is 2.12. The fourth-order valence-electron chi connectivity index (χ4n) is 4.67. The van der Waals surface area contributed by atoms with Crippen molar-refractivity contribution in [3.05, 3.63) is 17.2 Å². The van der Waals surface area contributed by atoms with Gasteiger partial charge in [-0.1, -0.05) is 20.8 Å². The molecule has 20 heavy (non-hydrogen) atoms. The minimum atomic E-state index is 0.451. The maximum atomic E-state index is 4.69. The first-order chi connectivity index (χ1) is 9.27. The quantitative estimate of drug-likeness (QED) is 0.917. The Balaban J connectivity index is 1.73. The van der Waals surface area contributed by atoms with Gasteiger partial charge in [0.2, 0.25) is 0 Å². The fraction of sp³-hybridized carbons (Fsp3) is 0.824. The molecule has 2 fully saturated rings. The summed E-state index contributed by atoms with van der Waals surface area (Å²) in [4.78, 5) is 4.69.